The first kappa shape index (κ1) is 29.1. The van der Waals surface area contributed by atoms with Gasteiger partial charge in [0.15, 0.2) is 0 Å². The van der Waals surface area contributed by atoms with Gasteiger partial charge in [-0.1, -0.05) is 53.0 Å². The van der Waals surface area contributed by atoms with Crippen molar-refractivity contribution in [3.8, 4) is 0 Å². The molecule has 3 saturated heterocycles. The summed E-state index contributed by atoms with van der Waals surface area (Å²) in [5.74, 6) is 2.21. The summed E-state index contributed by atoms with van der Waals surface area (Å²) in [6, 6.07) is 16.1. The van der Waals surface area contributed by atoms with E-state index in [0.717, 1.165) is 24.7 Å². The summed E-state index contributed by atoms with van der Waals surface area (Å²) in [6.07, 6.45) is -0.450. The number of hydrogen-bond donors (Lipinski definition) is 5. The van der Waals surface area contributed by atoms with Crippen LogP contribution in [0, 0.1) is 0 Å². The van der Waals surface area contributed by atoms with E-state index >= 15 is 0 Å². The highest BCUT2D eigenvalue weighted by Gasteiger charge is 2.26. The number of halogens is 3. The van der Waals surface area contributed by atoms with Gasteiger partial charge in [-0.25, -0.2) is 15.0 Å². The first-order valence-corrected chi connectivity index (χ1v) is 12.7. The van der Waals surface area contributed by atoms with Gasteiger partial charge in [-0.05, 0) is 36.4 Å². The van der Waals surface area contributed by atoms with Crippen LogP contribution in [0.3, 0.4) is 0 Å². The van der Waals surface area contributed by atoms with Gasteiger partial charge >= 0.3 is 0 Å². The van der Waals surface area contributed by atoms with Crippen LogP contribution in [-0.2, 0) is 0 Å². The van der Waals surface area contributed by atoms with E-state index in [1.165, 1.54) is 0 Å². The van der Waals surface area contributed by atoms with Crippen LogP contribution in [0.1, 0.15) is 0 Å². The van der Waals surface area contributed by atoms with E-state index in [4.69, 9.17) is 55.9 Å². The number of rotatable bonds is 2. The molecule has 0 radical (unpaired) electrons. The van der Waals surface area contributed by atoms with E-state index in [1.54, 1.807) is 30.3 Å². The molecule has 3 aromatic heterocycles. The Morgan fingerprint density at radius 2 is 1.05 bits per heavy atom. The molecule has 3 aliphatic rings. The van der Waals surface area contributed by atoms with Crippen LogP contribution in [0.4, 0.5) is 17.5 Å². The van der Waals surface area contributed by atoms with Crippen LogP contribution >= 0.6 is 34.8 Å². The minimum absolute atomic E-state index is 0.0463. The molecule has 6 rings (SSSR count). The second kappa shape index (κ2) is 14.5. The zero-order valence-electron chi connectivity index (χ0n) is 20.0. The molecule has 37 heavy (non-hydrogen) atoms. The zero-order chi connectivity index (χ0) is 26.8. The van der Waals surface area contributed by atoms with Crippen LogP contribution in [0.15, 0.2) is 54.6 Å². The highest BCUT2D eigenvalue weighted by molar-refractivity contribution is 6.32. The van der Waals surface area contributed by atoms with Crippen LogP contribution < -0.4 is 20.9 Å². The number of nitrogens with two attached hydrogens (primary N) is 1. The molecule has 3 fully saturated rings. The predicted molar refractivity (Wildman–Crippen MR) is 147 cm³/mol. The van der Waals surface area contributed by atoms with Crippen molar-refractivity contribution in [1.82, 2.24) is 20.3 Å². The SMILES string of the molecule is Clc1cccc(Cl)n1.Nc1cccc(N2CC(O)C2)n1.OC1CN(c2cccc(Cl)n2)C1.OC1CNC1. The third kappa shape index (κ3) is 10.1. The molecular weight excluding hydrogens is 541 g/mol. The number of aromatic nitrogens is 3. The number of β-amino-alcohol motifs (C(OH)–C–C–N with tert-alkyl or cyclic N) is 3. The Morgan fingerprint density at radius 1 is 0.649 bits per heavy atom. The van der Waals surface area contributed by atoms with Gasteiger partial charge in [0, 0.05) is 39.3 Å². The Balaban J connectivity index is 0.000000144. The van der Waals surface area contributed by atoms with Gasteiger partial charge in [-0.3, -0.25) is 0 Å². The lowest BCUT2D eigenvalue weighted by Crippen LogP contribution is -2.51. The smallest absolute Gasteiger partial charge is 0.131 e. The number of nitrogens with one attached hydrogen (secondary N) is 1. The predicted octanol–water partition coefficient (Wildman–Crippen LogP) is 2.10. The summed E-state index contributed by atoms with van der Waals surface area (Å²) in [4.78, 5) is 15.9. The number of pyridine rings is 3. The van der Waals surface area contributed by atoms with E-state index in [9.17, 15) is 0 Å². The van der Waals surface area contributed by atoms with Crippen LogP contribution in [0.25, 0.3) is 0 Å². The highest BCUT2D eigenvalue weighted by Crippen LogP contribution is 2.20. The maximum atomic E-state index is 9.05. The standard InChI is InChI=1S/C8H9ClN2O.C8H11N3O.C5H3Cl2N.C3H7NO/c2*9-7-2-1-3-8(10-7)11-4-6(12)5-11;6-4-2-1-3-5(7)8-4;5-3-1-4-2-3/h1-3,6,12H,4-5H2;1-3,6,12H,4-5H2,(H2,9,10);1-3H;3-5H,1-2H2. The lowest BCUT2D eigenvalue weighted by Gasteiger charge is -2.36. The molecule has 13 heteroatoms. The summed E-state index contributed by atoms with van der Waals surface area (Å²) < 4.78 is 0. The molecule has 6 N–H and O–H groups in total. The minimum atomic E-state index is -0.203. The molecule has 0 spiro atoms. The third-order valence-electron chi connectivity index (χ3n) is 5.27. The van der Waals surface area contributed by atoms with E-state index < -0.39 is 0 Å². The Morgan fingerprint density at radius 3 is 1.38 bits per heavy atom. The molecular formula is C24H30Cl3N7O3. The topological polar surface area (TPSA) is 144 Å². The second-order valence-corrected chi connectivity index (χ2v) is 9.61. The van der Waals surface area contributed by atoms with Gasteiger partial charge in [-0.15, -0.1) is 0 Å². The first-order valence-electron chi connectivity index (χ1n) is 11.6. The van der Waals surface area contributed by atoms with Crippen molar-refractivity contribution in [2.45, 2.75) is 18.3 Å². The number of nitrogens with zero attached hydrogens (tertiary/aromatic N) is 5. The van der Waals surface area contributed by atoms with E-state index in [-0.39, 0.29) is 18.3 Å². The van der Waals surface area contributed by atoms with E-state index in [0.29, 0.717) is 47.5 Å². The summed E-state index contributed by atoms with van der Waals surface area (Å²) >= 11 is 16.6. The number of aliphatic hydroxyl groups excluding tert-OH is 3. The number of anilines is 3. The highest BCUT2D eigenvalue weighted by atomic mass is 35.5. The third-order valence-corrected chi connectivity index (χ3v) is 5.90. The quantitative estimate of drug-likeness (QED) is 0.291. The van der Waals surface area contributed by atoms with Crippen molar-refractivity contribution in [2.24, 2.45) is 0 Å². The molecule has 0 aromatic carbocycles. The average Bonchev–Trinajstić information content (AvgIpc) is 2.80. The maximum Gasteiger partial charge on any atom is 0.131 e. The molecule has 3 aromatic rings. The number of hydrogen-bond acceptors (Lipinski definition) is 10. The summed E-state index contributed by atoms with van der Waals surface area (Å²) in [6.45, 7) is 4.23. The second-order valence-electron chi connectivity index (χ2n) is 8.45. The zero-order valence-corrected chi connectivity index (χ0v) is 22.2. The van der Waals surface area contributed by atoms with Crippen molar-refractivity contribution in [2.75, 3.05) is 54.8 Å². The van der Waals surface area contributed by atoms with Gasteiger partial charge in [0.25, 0.3) is 0 Å². The van der Waals surface area contributed by atoms with Crippen molar-refractivity contribution in [1.29, 1.82) is 0 Å². The Labute approximate surface area is 230 Å². The van der Waals surface area contributed by atoms with Crippen molar-refractivity contribution < 1.29 is 15.3 Å². The van der Waals surface area contributed by atoms with Crippen LogP contribution in [0.5, 0.6) is 0 Å². The monoisotopic (exact) mass is 569 g/mol. The Bertz CT molecular complexity index is 1040. The fourth-order valence-electron chi connectivity index (χ4n) is 3.13. The Hall–Kier alpha value is -2.44. The summed E-state index contributed by atoms with van der Waals surface area (Å²) in [7, 11) is 0. The van der Waals surface area contributed by atoms with Gasteiger partial charge in [-0.2, -0.15) is 0 Å². The maximum absolute atomic E-state index is 9.05. The molecule has 0 atom stereocenters. The van der Waals surface area contributed by atoms with Crippen LogP contribution in [-0.4, -0.2) is 87.9 Å². The average molecular weight is 571 g/mol. The Kier molecular flexibility index (Phi) is 11.4. The molecule has 0 saturated carbocycles. The van der Waals surface area contributed by atoms with Crippen molar-refractivity contribution >= 4 is 52.3 Å². The summed E-state index contributed by atoms with van der Waals surface area (Å²) in [5.41, 5.74) is 5.51. The van der Waals surface area contributed by atoms with Crippen molar-refractivity contribution in [3.05, 3.63) is 70.1 Å². The molecule has 0 amide bonds. The molecule has 3 aliphatic heterocycles. The summed E-state index contributed by atoms with van der Waals surface area (Å²) in [5, 5.41) is 30.7. The largest absolute Gasteiger partial charge is 0.390 e. The molecule has 0 bridgehead atoms. The molecule has 6 heterocycles. The van der Waals surface area contributed by atoms with Gasteiger partial charge in [0.1, 0.15) is 32.9 Å². The molecule has 10 nitrogen and oxygen atoms in total. The normalized spacial score (nSPS) is 16.9. The fraction of sp³-hybridized carbons (Fsp3) is 0.375. The van der Waals surface area contributed by atoms with Gasteiger partial charge in [0.2, 0.25) is 0 Å². The lowest BCUT2D eigenvalue weighted by molar-refractivity contribution is 0.117. The first-order chi connectivity index (χ1) is 17.7. The number of nitrogen functional groups attached to an aromatic ring is 1. The van der Waals surface area contributed by atoms with Crippen molar-refractivity contribution in [3.63, 3.8) is 0 Å². The van der Waals surface area contributed by atoms with Crippen LogP contribution in [0.2, 0.25) is 15.5 Å². The van der Waals surface area contributed by atoms with Gasteiger partial charge < -0.3 is 36.2 Å². The minimum Gasteiger partial charge on any atom is -0.390 e. The number of aliphatic hydroxyl groups is 3. The van der Waals surface area contributed by atoms with E-state index in [2.05, 4.69) is 20.3 Å². The molecule has 0 unspecified atom stereocenters. The lowest BCUT2D eigenvalue weighted by atomic mass is 10.2. The van der Waals surface area contributed by atoms with E-state index in [1.807, 2.05) is 34.1 Å². The fourth-order valence-corrected chi connectivity index (χ4v) is 3.66. The van der Waals surface area contributed by atoms with Gasteiger partial charge in [0.05, 0.1) is 18.3 Å². The molecule has 200 valence electrons. The molecule has 0 aliphatic carbocycles.